The SMILES string of the molecule is C[Si](C)(C)C1CC(=O)C[C@@H](c2ccccc2)C1. The number of carbonyl (C=O) groups is 1. The molecule has 1 aliphatic carbocycles. The molecule has 0 N–H and O–H groups in total. The molecule has 1 saturated carbocycles. The second-order valence-corrected chi connectivity index (χ2v) is 11.9. The Morgan fingerprint density at radius 3 is 2.29 bits per heavy atom. The van der Waals surface area contributed by atoms with E-state index in [0.29, 0.717) is 17.2 Å². The summed E-state index contributed by atoms with van der Waals surface area (Å²) in [6.07, 6.45) is 2.80. The molecule has 0 aliphatic heterocycles. The maximum Gasteiger partial charge on any atom is 0.133 e. The summed E-state index contributed by atoms with van der Waals surface area (Å²) in [6.45, 7) is 7.16. The highest BCUT2D eigenvalue weighted by Gasteiger charge is 2.35. The van der Waals surface area contributed by atoms with Crippen molar-refractivity contribution in [3.63, 3.8) is 0 Å². The van der Waals surface area contributed by atoms with Gasteiger partial charge in [0.25, 0.3) is 0 Å². The fourth-order valence-corrected chi connectivity index (χ4v) is 4.61. The highest BCUT2D eigenvalue weighted by molar-refractivity contribution is 6.77. The molecule has 0 aromatic heterocycles. The van der Waals surface area contributed by atoms with Gasteiger partial charge in [-0.1, -0.05) is 50.0 Å². The van der Waals surface area contributed by atoms with E-state index in [1.165, 1.54) is 12.0 Å². The number of hydrogen-bond acceptors (Lipinski definition) is 1. The average Bonchev–Trinajstić information content (AvgIpc) is 2.28. The zero-order valence-electron chi connectivity index (χ0n) is 11.1. The molecule has 1 aliphatic rings. The van der Waals surface area contributed by atoms with E-state index in [1.54, 1.807) is 0 Å². The van der Waals surface area contributed by atoms with Crippen LogP contribution >= 0.6 is 0 Å². The number of benzene rings is 1. The van der Waals surface area contributed by atoms with Gasteiger partial charge in [0.15, 0.2) is 0 Å². The number of hydrogen-bond donors (Lipinski definition) is 0. The molecule has 17 heavy (non-hydrogen) atoms. The second-order valence-electron chi connectivity index (χ2n) is 6.35. The van der Waals surface area contributed by atoms with Gasteiger partial charge in [-0.05, 0) is 23.4 Å². The molecule has 1 fully saturated rings. The first-order valence-electron chi connectivity index (χ1n) is 6.53. The molecule has 0 heterocycles. The van der Waals surface area contributed by atoms with E-state index < -0.39 is 8.07 Å². The van der Waals surface area contributed by atoms with Crippen LogP contribution in [-0.4, -0.2) is 13.9 Å². The van der Waals surface area contributed by atoms with Gasteiger partial charge in [0.2, 0.25) is 0 Å². The molecule has 2 atom stereocenters. The minimum absolute atomic E-state index is 0.467. The lowest BCUT2D eigenvalue weighted by atomic mass is 9.83. The third-order valence-electron chi connectivity index (χ3n) is 4.01. The Hall–Kier alpha value is -0.893. The second kappa shape index (κ2) is 4.77. The first kappa shape index (κ1) is 12.6. The fraction of sp³-hybridized carbons (Fsp3) is 0.533. The third-order valence-corrected chi connectivity index (χ3v) is 6.90. The van der Waals surface area contributed by atoms with Crippen molar-refractivity contribution < 1.29 is 4.79 Å². The van der Waals surface area contributed by atoms with Gasteiger partial charge in [0.1, 0.15) is 5.78 Å². The van der Waals surface area contributed by atoms with E-state index in [4.69, 9.17) is 0 Å². The Bertz CT molecular complexity index is 391. The van der Waals surface area contributed by atoms with Crippen LogP contribution in [0.25, 0.3) is 0 Å². The number of Topliss-reactive ketones (excluding diaryl/α,β-unsaturated/α-hetero) is 1. The summed E-state index contributed by atoms with van der Waals surface area (Å²) in [4.78, 5) is 11.9. The van der Waals surface area contributed by atoms with Gasteiger partial charge >= 0.3 is 0 Å². The van der Waals surface area contributed by atoms with Gasteiger partial charge in [0.05, 0.1) is 0 Å². The molecule has 92 valence electrons. The molecule has 0 saturated heterocycles. The van der Waals surface area contributed by atoms with Crippen molar-refractivity contribution in [3.8, 4) is 0 Å². The van der Waals surface area contributed by atoms with Crippen molar-refractivity contribution in [1.29, 1.82) is 0 Å². The van der Waals surface area contributed by atoms with Crippen LogP contribution in [0.4, 0.5) is 0 Å². The van der Waals surface area contributed by atoms with Crippen molar-refractivity contribution in [2.24, 2.45) is 0 Å². The molecular weight excluding hydrogens is 224 g/mol. The monoisotopic (exact) mass is 246 g/mol. The number of carbonyl (C=O) groups excluding carboxylic acids is 1. The summed E-state index contributed by atoms with van der Waals surface area (Å²) in [5, 5.41) is 0. The first-order chi connectivity index (χ1) is 7.97. The van der Waals surface area contributed by atoms with Crippen LogP contribution in [0.5, 0.6) is 0 Å². The molecule has 0 bridgehead atoms. The standard InChI is InChI=1S/C15H22OSi/c1-17(2,3)15-10-13(9-14(16)11-15)12-7-5-4-6-8-12/h4-8,13,15H,9-11H2,1-3H3/t13-,15?/m1/s1. The average molecular weight is 246 g/mol. The smallest absolute Gasteiger partial charge is 0.133 e. The van der Waals surface area contributed by atoms with E-state index in [2.05, 4.69) is 43.9 Å². The molecule has 1 nitrogen and oxygen atoms in total. The highest BCUT2D eigenvalue weighted by atomic mass is 28.3. The van der Waals surface area contributed by atoms with E-state index in [1.807, 2.05) is 6.07 Å². The van der Waals surface area contributed by atoms with Gasteiger partial charge in [-0.3, -0.25) is 4.79 Å². The Morgan fingerprint density at radius 1 is 1.06 bits per heavy atom. The summed E-state index contributed by atoms with van der Waals surface area (Å²) >= 11 is 0. The Balaban J connectivity index is 2.17. The maximum absolute atomic E-state index is 11.9. The lowest BCUT2D eigenvalue weighted by Gasteiger charge is -2.36. The van der Waals surface area contributed by atoms with Crippen LogP contribution in [0, 0.1) is 0 Å². The zero-order valence-corrected chi connectivity index (χ0v) is 12.1. The van der Waals surface area contributed by atoms with Gasteiger partial charge in [-0.25, -0.2) is 0 Å². The van der Waals surface area contributed by atoms with Crippen LogP contribution in [0.1, 0.15) is 30.7 Å². The summed E-state index contributed by atoms with van der Waals surface area (Å²) in [5.74, 6) is 0.937. The molecule has 1 aromatic rings. The third kappa shape index (κ3) is 3.06. The van der Waals surface area contributed by atoms with Crippen LogP contribution in [0.15, 0.2) is 30.3 Å². The quantitative estimate of drug-likeness (QED) is 0.714. The van der Waals surface area contributed by atoms with E-state index in [0.717, 1.165) is 12.8 Å². The van der Waals surface area contributed by atoms with Crippen molar-refractivity contribution >= 4 is 13.9 Å². The number of rotatable bonds is 2. The van der Waals surface area contributed by atoms with E-state index >= 15 is 0 Å². The zero-order chi connectivity index (χ0) is 12.5. The largest absolute Gasteiger partial charge is 0.300 e. The molecule has 0 radical (unpaired) electrons. The predicted molar refractivity (Wildman–Crippen MR) is 75.1 cm³/mol. The Kier molecular flexibility index (Phi) is 3.52. The van der Waals surface area contributed by atoms with Gasteiger partial charge in [0, 0.05) is 20.9 Å². The Labute approximate surface area is 105 Å². The fourth-order valence-electron chi connectivity index (χ4n) is 2.78. The number of ketones is 1. The van der Waals surface area contributed by atoms with Gasteiger partial charge in [-0.15, -0.1) is 0 Å². The topological polar surface area (TPSA) is 17.1 Å². The summed E-state index contributed by atoms with van der Waals surface area (Å²) < 4.78 is 0. The molecule has 0 amide bonds. The molecule has 2 rings (SSSR count). The van der Waals surface area contributed by atoms with Crippen LogP contribution < -0.4 is 0 Å². The van der Waals surface area contributed by atoms with Crippen molar-refractivity contribution in [1.82, 2.24) is 0 Å². The van der Waals surface area contributed by atoms with Crippen LogP contribution in [0.2, 0.25) is 25.2 Å². The summed E-state index contributed by atoms with van der Waals surface area (Å²) in [5.41, 5.74) is 2.01. The highest BCUT2D eigenvalue weighted by Crippen LogP contribution is 2.42. The minimum atomic E-state index is -1.19. The maximum atomic E-state index is 11.9. The minimum Gasteiger partial charge on any atom is -0.300 e. The molecule has 1 unspecified atom stereocenters. The molecular formula is C15H22OSi. The van der Waals surface area contributed by atoms with Crippen LogP contribution in [0.3, 0.4) is 0 Å². The van der Waals surface area contributed by atoms with Crippen LogP contribution in [-0.2, 0) is 4.79 Å². The van der Waals surface area contributed by atoms with Crippen molar-refractivity contribution in [2.75, 3.05) is 0 Å². The van der Waals surface area contributed by atoms with Gasteiger partial charge < -0.3 is 0 Å². The summed E-state index contributed by atoms with van der Waals surface area (Å²) in [6, 6.07) is 10.6. The first-order valence-corrected chi connectivity index (χ1v) is 10.1. The van der Waals surface area contributed by atoms with E-state index in [-0.39, 0.29) is 0 Å². The van der Waals surface area contributed by atoms with Crippen molar-refractivity contribution in [3.05, 3.63) is 35.9 Å². The molecule has 1 aromatic carbocycles. The molecule has 0 spiro atoms. The van der Waals surface area contributed by atoms with Crippen molar-refractivity contribution in [2.45, 2.75) is 50.4 Å². The summed E-state index contributed by atoms with van der Waals surface area (Å²) in [7, 11) is -1.19. The predicted octanol–water partition coefficient (Wildman–Crippen LogP) is 4.23. The molecule has 2 heteroatoms. The normalized spacial score (nSPS) is 25.9. The van der Waals surface area contributed by atoms with E-state index in [9.17, 15) is 4.79 Å². The Morgan fingerprint density at radius 2 is 1.71 bits per heavy atom. The lowest BCUT2D eigenvalue weighted by molar-refractivity contribution is -0.120. The van der Waals surface area contributed by atoms with Gasteiger partial charge in [-0.2, -0.15) is 0 Å². The lowest BCUT2D eigenvalue weighted by Crippen LogP contribution is -2.34.